The van der Waals surface area contributed by atoms with Gasteiger partial charge in [-0.3, -0.25) is 4.99 Å². The second-order valence-electron chi connectivity index (χ2n) is 3.13. The molecule has 0 radical (unpaired) electrons. The summed E-state index contributed by atoms with van der Waals surface area (Å²) in [5.41, 5.74) is 6.15. The highest BCUT2D eigenvalue weighted by atomic mass is 19.1. The summed E-state index contributed by atoms with van der Waals surface area (Å²) in [6.07, 6.45) is 0. The van der Waals surface area contributed by atoms with E-state index in [2.05, 4.69) is 10.3 Å². The zero-order valence-corrected chi connectivity index (χ0v) is 7.37. The van der Waals surface area contributed by atoms with Crippen molar-refractivity contribution < 1.29 is 9.50 Å². The summed E-state index contributed by atoms with van der Waals surface area (Å²) in [6.45, 7) is 0.496. The number of hydrogen-bond acceptors (Lipinski definition) is 4. The Kier molecular flexibility index (Phi) is 1.99. The molecule has 4 N–H and O–H groups in total. The molecule has 1 atom stereocenters. The first-order chi connectivity index (χ1) is 6.66. The molecule has 0 aromatic heterocycles. The van der Waals surface area contributed by atoms with E-state index in [0.717, 1.165) is 5.56 Å². The molecule has 1 aliphatic heterocycles. The topological polar surface area (TPSA) is 70.6 Å². The summed E-state index contributed by atoms with van der Waals surface area (Å²) >= 11 is 0. The van der Waals surface area contributed by atoms with Crippen molar-refractivity contribution in [1.29, 1.82) is 0 Å². The van der Waals surface area contributed by atoms with Gasteiger partial charge in [0.1, 0.15) is 0 Å². The molecule has 0 amide bonds. The van der Waals surface area contributed by atoms with E-state index in [0.29, 0.717) is 12.5 Å². The van der Waals surface area contributed by atoms with Crippen LogP contribution in [0.4, 0.5) is 4.39 Å². The zero-order chi connectivity index (χ0) is 10.1. The van der Waals surface area contributed by atoms with Crippen molar-refractivity contribution >= 4 is 5.96 Å². The molecule has 1 aromatic carbocycles. The van der Waals surface area contributed by atoms with Crippen molar-refractivity contribution in [1.82, 2.24) is 5.32 Å². The Morgan fingerprint density at radius 3 is 2.93 bits per heavy atom. The van der Waals surface area contributed by atoms with E-state index in [1.807, 2.05) is 0 Å². The molecule has 1 unspecified atom stereocenters. The van der Waals surface area contributed by atoms with Crippen LogP contribution in [0.1, 0.15) is 11.6 Å². The quantitative estimate of drug-likeness (QED) is 0.610. The Hall–Kier alpha value is -1.78. The highest BCUT2D eigenvalue weighted by molar-refractivity contribution is 5.80. The summed E-state index contributed by atoms with van der Waals surface area (Å²) < 4.78 is 13.0. The van der Waals surface area contributed by atoms with Crippen LogP contribution in [0.15, 0.2) is 23.2 Å². The highest BCUT2D eigenvalue weighted by Gasteiger charge is 2.18. The normalized spacial score (nSPS) is 20.4. The third kappa shape index (κ3) is 1.48. The van der Waals surface area contributed by atoms with Crippen molar-refractivity contribution in [3.63, 3.8) is 0 Å². The number of nitrogens with zero attached hydrogens (tertiary/aromatic N) is 1. The Morgan fingerprint density at radius 2 is 2.36 bits per heavy atom. The molecule has 0 spiro atoms. The van der Waals surface area contributed by atoms with E-state index >= 15 is 0 Å². The predicted molar refractivity (Wildman–Crippen MR) is 50.4 cm³/mol. The number of halogens is 1. The molecule has 0 saturated heterocycles. The minimum Gasteiger partial charge on any atom is -0.505 e. The number of nitrogens with two attached hydrogens (primary N) is 1. The van der Waals surface area contributed by atoms with E-state index in [9.17, 15) is 4.39 Å². The molecule has 74 valence electrons. The number of phenols is 1. The molecule has 0 fully saturated rings. The number of nitrogens with one attached hydrogen (secondary N) is 1. The van der Waals surface area contributed by atoms with Gasteiger partial charge in [0.15, 0.2) is 17.5 Å². The lowest BCUT2D eigenvalue weighted by Gasteiger charge is -2.10. The van der Waals surface area contributed by atoms with Crippen LogP contribution >= 0.6 is 0 Å². The van der Waals surface area contributed by atoms with Crippen molar-refractivity contribution in [3.8, 4) is 5.75 Å². The lowest BCUT2D eigenvalue weighted by Crippen LogP contribution is -2.29. The first kappa shape index (κ1) is 8.80. The van der Waals surface area contributed by atoms with E-state index in [4.69, 9.17) is 10.8 Å². The first-order valence-corrected chi connectivity index (χ1v) is 4.21. The average Bonchev–Trinajstić information content (AvgIpc) is 2.57. The molecular weight excluding hydrogens is 185 g/mol. The second-order valence-corrected chi connectivity index (χ2v) is 3.13. The van der Waals surface area contributed by atoms with Gasteiger partial charge in [-0.1, -0.05) is 6.07 Å². The average molecular weight is 195 g/mol. The summed E-state index contributed by atoms with van der Waals surface area (Å²) in [7, 11) is 0. The predicted octanol–water partition coefficient (Wildman–Crippen LogP) is 0.490. The minimum absolute atomic E-state index is 0.0925. The van der Waals surface area contributed by atoms with Gasteiger partial charge in [-0.15, -0.1) is 0 Å². The van der Waals surface area contributed by atoms with Gasteiger partial charge in [0.05, 0.1) is 12.6 Å². The third-order valence-corrected chi connectivity index (χ3v) is 2.14. The number of phenolic OH excluding ortho intramolecular Hbond substituents is 1. The smallest absolute Gasteiger partial charge is 0.189 e. The molecule has 0 saturated carbocycles. The Labute approximate surface area is 80.3 Å². The van der Waals surface area contributed by atoms with Crippen LogP contribution in [-0.4, -0.2) is 17.6 Å². The van der Waals surface area contributed by atoms with Gasteiger partial charge in [0.25, 0.3) is 0 Å². The van der Waals surface area contributed by atoms with Crippen LogP contribution < -0.4 is 11.1 Å². The Balaban J connectivity index is 2.22. The molecule has 4 nitrogen and oxygen atoms in total. The van der Waals surface area contributed by atoms with Crippen molar-refractivity contribution in [2.24, 2.45) is 10.7 Å². The summed E-state index contributed by atoms with van der Waals surface area (Å²) in [4.78, 5) is 3.94. The van der Waals surface area contributed by atoms with Gasteiger partial charge in [0.2, 0.25) is 0 Å². The van der Waals surface area contributed by atoms with E-state index in [-0.39, 0.29) is 11.8 Å². The molecule has 14 heavy (non-hydrogen) atoms. The highest BCUT2D eigenvalue weighted by Crippen LogP contribution is 2.22. The van der Waals surface area contributed by atoms with Gasteiger partial charge in [-0.25, -0.2) is 4.39 Å². The van der Waals surface area contributed by atoms with Crippen LogP contribution in [-0.2, 0) is 0 Å². The molecule has 5 heteroatoms. The summed E-state index contributed by atoms with van der Waals surface area (Å²) in [5.74, 6) is -0.612. The summed E-state index contributed by atoms with van der Waals surface area (Å²) in [5, 5.41) is 11.9. The van der Waals surface area contributed by atoms with E-state index in [1.54, 1.807) is 6.07 Å². The number of guanidine groups is 1. The van der Waals surface area contributed by atoms with E-state index in [1.165, 1.54) is 12.1 Å². The zero-order valence-electron chi connectivity index (χ0n) is 7.37. The number of rotatable bonds is 1. The molecule has 2 rings (SSSR count). The fraction of sp³-hybridized carbons (Fsp3) is 0.222. The maximum atomic E-state index is 13.0. The number of aromatic hydroxyl groups is 1. The standard InChI is InChI=1S/C9H10FN3O/c10-6-3-5(1-2-8(6)14)7-4-12-9(11)13-7/h1-3,7,14H,4H2,(H3,11,12,13). The number of hydrogen-bond donors (Lipinski definition) is 3. The van der Waals surface area contributed by atoms with E-state index < -0.39 is 5.82 Å². The van der Waals surface area contributed by atoms with Crippen molar-refractivity contribution in [2.75, 3.05) is 6.54 Å². The van der Waals surface area contributed by atoms with Crippen LogP contribution in [0, 0.1) is 5.82 Å². The van der Waals surface area contributed by atoms with Crippen LogP contribution in [0.2, 0.25) is 0 Å². The SMILES string of the molecule is NC1=NCC(c2ccc(O)c(F)c2)N1. The number of aliphatic imine (C=N–C) groups is 1. The van der Waals surface area contributed by atoms with Crippen molar-refractivity contribution in [2.45, 2.75) is 6.04 Å². The van der Waals surface area contributed by atoms with Crippen LogP contribution in [0.5, 0.6) is 5.75 Å². The van der Waals surface area contributed by atoms with Crippen LogP contribution in [0.3, 0.4) is 0 Å². The second kappa shape index (κ2) is 3.17. The van der Waals surface area contributed by atoms with Crippen LogP contribution in [0.25, 0.3) is 0 Å². The molecule has 1 aliphatic rings. The monoisotopic (exact) mass is 195 g/mol. The van der Waals surface area contributed by atoms with Gasteiger partial charge >= 0.3 is 0 Å². The van der Waals surface area contributed by atoms with Crippen molar-refractivity contribution in [3.05, 3.63) is 29.6 Å². The fourth-order valence-corrected chi connectivity index (χ4v) is 1.39. The Morgan fingerprint density at radius 1 is 1.57 bits per heavy atom. The van der Waals surface area contributed by atoms with Gasteiger partial charge in [-0.05, 0) is 17.7 Å². The first-order valence-electron chi connectivity index (χ1n) is 4.21. The molecule has 0 bridgehead atoms. The minimum atomic E-state index is -0.630. The van der Waals surface area contributed by atoms with Gasteiger partial charge in [-0.2, -0.15) is 0 Å². The lowest BCUT2D eigenvalue weighted by molar-refractivity contribution is 0.431. The molecule has 1 aromatic rings. The molecule has 1 heterocycles. The summed E-state index contributed by atoms with van der Waals surface area (Å²) in [6, 6.07) is 4.15. The maximum absolute atomic E-state index is 13.0. The van der Waals surface area contributed by atoms with Gasteiger partial charge < -0.3 is 16.2 Å². The largest absolute Gasteiger partial charge is 0.505 e. The third-order valence-electron chi connectivity index (χ3n) is 2.14. The number of benzene rings is 1. The maximum Gasteiger partial charge on any atom is 0.189 e. The van der Waals surface area contributed by atoms with Gasteiger partial charge in [0, 0.05) is 0 Å². The fourth-order valence-electron chi connectivity index (χ4n) is 1.39. The molecular formula is C9H10FN3O. The Bertz CT molecular complexity index is 392. The lowest BCUT2D eigenvalue weighted by atomic mass is 10.1. The molecule has 0 aliphatic carbocycles.